The molecule has 0 bridgehead atoms. The third-order valence-electron chi connectivity index (χ3n) is 4.77. The maximum absolute atomic E-state index is 12.9. The number of hydrogen-bond acceptors (Lipinski definition) is 4. The molecule has 144 valence electrons. The number of aromatic nitrogens is 4. The van der Waals surface area contributed by atoms with Crippen LogP contribution in [0.2, 0.25) is 5.02 Å². The Morgan fingerprint density at radius 3 is 2.41 bits per heavy atom. The predicted molar refractivity (Wildman–Crippen MR) is 109 cm³/mol. The first-order chi connectivity index (χ1) is 12.8. The zero-order valence-corrected chi connectivity index (χ0v) is 16.8. The Morgan fingerprint density at radius 2 is 1.78 bits per heavy atom. The Morgan fingerprint density at radius 1 is 1.11 bits per heavy atom. The molecule has 0 aliphatic heterocycles. The van der Waals surface area contributed by atoms with Crippen LogP contribution in [0.25, 0.3) is 11.2 Å². The number of benzene rings is 1. The lowest BCUT2D eigenvalue weighted by molar-refractivity contribution is 0.699. The van der Waals surface area contributed by atoms with Crippen LogP contribution < -0.4 is 16.1 Å². The molecule has 3 aromatic rings. The van der Waals surface area contributed by atoms with Gasteiger partial charge in [-0.2, -0.15) is 4.98 Å². The van der Waals surface area contributed by atoms with Crippen molar-refractivity contribution >= 4 is 28.7 Å². The maximum Gasteiger partial charge on any atom is 0.332 e. The molecule has 0 radical (unpaired) electrons. The summed E-state index contributed by atoms with van der Waals surface area (Å²) in [7, 11) is 5.08. The second kappa shape index (κ2) is 7.60. The number of nitrogens with zero attached hydrogens (tertiary/aromatic N) is 5. The van der Waals surface area contributed by atoms with Crippen LogP contribution >= 0.6 is 11.6 Å². The Bertz CT molecular complexity index is 1080. The van der Waals surface area contributed by atoms with Crippen LogP contribution in [0.15, 0.2) is 33.9 Å². The fraction of sp³-hybridized carbons (Fsp3) is 0.421. The molecule has 0 spiro atoms. The van der Waals surface area contributed by atoms with Gasteiger partial charge in [-0.1, -0.05) is 37.1 Å². The monoisotopic (exact) mass is 389 g/mol. The highest BCUT2D eigenvalue weighted by Crippen LogP contribution is 2.21. The second-order valence-corrected chi connectivity index (χ2v) is 7.21. The van der Waals surface area contributed by atoms with Crippen molar-refractivity contribution in [1.29, 1.82) is 0 Å². The Kier molecular flexibility index (Phi) is 5.41. The summed E-state index contributed by atoms with van der Waals surface area (Å²) in [4.78, 5) is 31.9. The van der Waals surface area contributed by atoms with Crippen molar-refractivity contribution in [1.82, 2.24) is 18.7 Å². The first kappa shape index (κ1) is 19.2. The molecular formula is C19H24ClN5O2. The number of rotatable bonds is 6. The molecule has 1 aromatic carbocycles. The van der Waals surface area contributed by atoms with Crippen molar-refractivity contribution in [2.24, 2.45) is 14.1 Å². The van der Waals surface area contributed by atoms with Gasteiger partial charge >= 0.3 is 5.69 Å². The lowest BCUT2D eigenvalue weighted by Crippen LogP contribution is -2.37. The van der Waals surface area contributed by atoms with E-state index in [9.17, 15) is 9.59 Å². The van der Waals surface area contributed by atoms with Crippen LogP contribution in [0.4, 0.5) is 5.95 Å². The zero-order valence-electron chi connectivity index (χ0n) is 16.1. The molecule has 7 nitrogen and oxygen atoms in total. The summed E-state index contributed by atoms with van der Waals surface area (Å²) >= 11 is 5.99. The Hall–Kier alpha value is -2.54. The summed E-state index contributed by atoms with van der Waals surface area (Å²) < 4.78 is 4.43. The van der Waals surface area contributed by atoms with E-state index in [4.69, 9.17) is 11.6 Å². The van der Waals surface area contributed by atoms with E-state index >= 15 is 0 Å². The van der Waals surface area contributed by atoms with Gasteiger partial charge in [0.1, 0.15) is 0 Å². The Balaban J connectivity index is 2.24. The first-order valence-electron chi connectivity index (χ1n) is 8.97. The van der Waals surface area contributed by atoms with Gasteiger partial charge in [-0.25, -0.2) is 4.79 Å². The van der Waals surface area contributed by atoms with Gasteiger partial charge in [0.25, 0.3) is 5.56 Å². The third kappa shape index (κ3) is 3.51. The van der Waals surface area contributed by atoms with E-state index in [-0.39, 0.29) is 11.2 Å². The van der Waals surface area contributed by atoms with E-state index in [1.54, 1.807) is 7.05 Å². The predicted octanol–water partition coefficient (Wildman–Crippen LogP) is 2.37. The molecule has 8 heteroatoms. The highest BCUT2D eigenvalue weighted by atomic mass is 35.5. The average Bonchev–Trinajstić information content (AvgIpc) is 3.04. The lowest BCUT2D eigenvalue weighted by atomic mass is 10.2. The van der Waals surface area contributed by atoms with Crippen molar-refractivity contribution in [3.8, 4) is 0 Å². The van der Waals surface area contributed by atoms with Gasteiger partial charge in [-0.05, 0) is 24.1 Å². The number of aryl methyl sites for hydroxylation is 1. The van der Waals surface area contributed by atoms with Gasteiger partial charge in [0.05, 0.1) is 6.54 Å². The lowest BCUT2D eigenvalue weighted by Gasteiger charge is -2.19. The molecule has 0 saturated carbocycles. The topological polar surface area (TPSA) is 65.1 Å². The molecule has 0 fully saturated rings. The van der Waals surface area contributed by atoms with Crippen LogP contribution in [0.5, 0.6) is 0 Å². The van der Waals surface area contributed by atoms with Crippen molar-refractivity contribution in [3.63, 3.8) is 0 Å². The molecule has 2 aromatic heterocycles. The van der Waals surface area contributed by atoms with Crippen molar-refractivity contribution in [2.45, 2.75) is 26.3 Å². The molecule has 0 aliphatic carbocycles. The van der Waals surface area contributed by atoms with Gasteiger partial charge in [-0.3, -0.25) is 18.5 Å². The summed E-state index contributed by atoms with van der Waals surface area (Å²) in [5, 5.41) is 0.660. The molecule has 0 aliphatic rings. The quantitative estimate of drug-likeness (QED) is 0.649. The molecule has 0 saturated heterocycles. The van der Waals surface area contributed by atoms with E-state index in [1.807, 2.05) is 40.8 Å². The second-order valence-electron chi connectivity index (χ2n) is 6.78. The largest absolute Gasteiger partial charge is 0.345 e. The smallest absolute Gasteiger partial charge is 0.332 e. The first-order valence-corrected chi connectivity index (χ1v) is 9.34. The zero-order chi connectivity index (χ0) is 19.7. The highest BCUT2D eigenvalue weighted by Gasteiger charge is 2.21. The van der Waals surface area contributed by atoms with Crippen LogP contribution in [0.3, 0.4) is 0 Å². The Labute approximate surface area is 162 Å². The van der Waals surface area contributed by atoms with Gasteiger partial charge < -0.3 is 4.90 Å². The SMILES string of the molecule is CCCCN(C)c1nc2c(c(=O)n(C)c(=O)n2C)n1Cc1ccc(Cl)cc1. The van der Waals surface area contributed by atoms with Gasteiger partial charge in [0, 0.05) is 32.7 Å². The van der Waals surface area contributed by atoms with Gasteiger partial charge in [0.2, 0.25) is 5.95 Å². The number of unbranched alkanes of at least 4 members (excludes halogenated alkanes) is 1. The number of halogens is 1. The minimum atomic E-state index is -0.383. The van der Waals surface area contributed by atoms with Gasteiger partial charge in [-0.15, -0.1) is 0 Å². The third-order valence-corrected chi connectivity index (χ3v) is 5.02. The summed E-state index contributed by atoms with van der Waals surface area (Å²) in [6.45, 7) is 3.41. The number of hydrogen-bond donors (Lipinski definition) is 0. The highest BCUT2D eigenvalue weighted by molar-refractivity contribution is 6.30. The van der Waals surface area contributed by atoms with Crippen molar-refractivity contribution < 1.29 is 0 Å². The fourth-order valence-electron chi connectivity index (χ4n) is 3.14. The molecule has 0 atom stereocenters. The molecule has 0 N–H and O–H groups in total. The standard InChI is InChI=1S/C19H24ClN5O2/c1-5-6-11-22(2)18-21-16-15(17(26)24(4)19(27)23(16)3)25(18)12-13-7-9-14(20)10-8-13/h7-10H,5-6,11-12H2,1-4H3. The van der Waals surface area contributed by atoms with Crippen molar-refractivity contribution in [3.05, 3.63) is 55.7 Å². The number of fused-ring (bicyclic) bond motifs is 1. The van der Waals surface area contributed by atoms with Gasteiger partial charge in [0.15, 0.2) is 11.2 Å². The molecule has 3 rings (SSSR count). The summed E-state index contributed by atoms with van der Waals surface area (Å²) in [6.07, 6.45) is 2.07. The van der Waals surface area contributed by atoms with Crippen LogP contribution in [0, 0.1) is 0 Å². The van der Waals surface area contributed by atoms with E-state index < -0.39 is 0 Å². The normalized spacial score (nSPS) is 11.3. The average molecular weight is 390 g/mol. The molecular weight excluding hydrogens is 366 g/mol. The van der Waals surface area contributed by atoms with E-state index in [2.05, 4.69) is 11.9 Å². The van der Waals surface area contributed by atoms with Crippen LogP contribution in [-0.2, 0) is 20.6 Å². The van der Waals surface area contributed by atoms with Crippen molar-refractivity contribution in [2.75, 3.05) is 18.5 Å². The molecule has 2 heterocycles. The molecule has 0 amide bonds. The molecule has 0 unspecified atom stereocenters. The minimum absolute atomic E-state index is 0.343. The van der Waals surface area contributed by atoms with E-state index in [1.165, 1.54) is 11.6 Å². The summed E-state index contributed by atoms with van der Waals surface area (Å²) in [5.74, 6) is 0.673. The minimum Gasteiger partial charge on any atom is -0.345 e. The summed E-state index contributed by atoms with van der Waals surface area (Å²) in [6, 6.07) is 7.50. The van der Waals surface area contributed by atoms with E-state index in [0.29, 0.717) is 28.7 Å². The number of anilines is 1. The molecule has 27 heavy (non-hydrogen) atoms. The van der Waals surface area contributed by atoms with Crippen LogP contribution in [0.1, 0.15) is 25.3 Å². The van der Waals surface area contributed by atoms with Crippen LogP contribution in [-0.4, -0.2) is 32.3 Å². The fourth-order valence-corrected chi connectivity index (χ4v) is 3.27. The summed E-state index contributed by atoms with van der Waals surface area (Å²) in [5.41, 5.74) is 1.10. The number of imidazole rings is 1. The maximum atomic E-state index is 12.9. The van der Waals surface area contributed by atoms with E-state index in [0.717, 1.165) is 29.5 Å².